The lowest BCUT2D eigenvalue weighted by Crippen LogP contribution is -2.41. The minimum atomic E-state index is -0.195. The molecule has 0 heterocycles. The van der Waals surface area contributed by atoms with Crippen LogP contribution >= 0.6 is 11.6 Å². The van der Waals surface area contributed by atoms with Gasteiger partial charge in [0, 0.05) is 29.4 Å². The number of aliphatic hydroxyl groups is 1. The van der Waals surface area contributed by atoms with E-state index in [9.17, 15) is 9.90 Å². The Bertz CT molecular complexity index is 741. The number of hydrogen-bond donors (Lipinski definition) is 2. The predicted octanol–water partition coefficient (Wildman–Crippen LogP) is 4.04. The van der Waals surface area contributed by atoms with Gasteiger partial charge in [-0.3, -0.25) is 0 Å². The molecule has 0 aromatic heterocycles. The number of benzene rings is 2. The minimum Gasteiger partial charge on any atom is -0.393 e. The quantitative estimate of drug-likeness (QED) is 0.891. The molecule has 2 aromatic carbocycles. The SMILES string of the molecule is Cc1cc(Cl)c2ccccc2c1NC(=O)N(C)CC1CC(O)C1. The standard InChI is InChI=1S/C18H21ClN2O2/c1-11-7-16(19)14-5-3-4-6-15(14)17(11)20-18(23)21(2)10-12-8-13(22)9-12/h3-7,12-13,22H,8-10H2,1-2H3,(H,20,23). The van der Waals surface area contributed by atoms with Crippen LogP contribution in [0, 0.1) is 12.8 Å². The van der Waals surface area contributed by atoms with E-state index >= 15 is 0 Å². The van der Waals surface area contributed by atoms with Crippen LogP contribution in [0.4, 0.5) is 10.5 Å². The van der Waals surface area contributed by atoms with Crippen LogP contribution in [0.2, 0.25) is 5.02 Å². The molecule has 2 aromatic rings. The van der Waals surface area contributed by atoms with Crippen molar-refractivity contribution in [1.29, 1.82) is 0 Å². The summed E-state index contributed by atoms with van der Waals surface area (Å²) in [5, 5.41) is 14.9. The van der Waals surface area contributed by atoms with Crippen molar-refractivity contribution in [2.24, 2.45) is 5.92 Å². The topological polar surface area (TPSA) is 52.6 Å². The summed E-state index contributed by atoms with van der Waals surface area (Å²) in [5.41, 5.74) is 1.74. The summed E-state index contributed by atoms with van der Waals surface area (Å²) in [5.74, 6) is 0.392. The zero-order valence-electron chi connectivity index (χ0n) is 13.3. The lowest BCUT2D eigenvalue weighted by molar-refractivity contribution is 0.0332. The Labute approximate surface area is 141 Å². The van der Waals surface area contributed by atoms with Gasteiger partial charge in [0.1, 0.15) is 0 Å². The highest BCUT2D eigenvalue weighted by Crippen LogP contribution is 2.33. The molecule has 4 nitrogen and oxygen atoms in total. The summed E-state index contributed by atoms with van der Waals surface area (Å²) in [6, 6.07) is 9.53. The van der Waals surface area contributed by atoms with Crippen LogP contribution in [0.3, 0.4) is 0 Å². The summed E-state index contributed by atoms with van der Waals surface area (Å²) >= 11 is 6.30. The van der Waals surface area contributed by atoms with Gasteiger partial charge in [-0.15, -0.1) is 0 Å². The number of nitrogens with one attached hydrogen (secondary N) is 1. The normalized spacial score (nSPS) is 20.2. The third kappa shape index (κ3) is 3.28. The maximum Gasteiger partial charge on any atom is 0.321 e. The Morgan fingerprint density at radius 1 is 1.35 bits per heavy atom. The number of nitrogens with zero attached hydrogens (tertiary/aromatic N) is 1. The average Bonchev–Trinajstić information content (AvgIpc) is 2.49. The van der Waals surface area contributed by atoms with Crippen molar-refractivity contribution in [3.05, 3.63) is 40.9 Å². The molecule has 0 atom stereocenters. The largest absolute Gasteiger partial charge is 0.393 e. The van der Waals surface area contributed by atoms with E-state index in [1.54, 1.807) is 11.9 Å². The lowest BCUT2D eigenvalue weighted by Gasteiger charge is -2.34. The van der Waals surface area contributed by atoms with Gasteiger partial charge in [0.05, 0.1) is 11.8 Å². The van der Waals surface area contributed by atoms with Crippen molar-refractivity contribution in [3.63, 3.8) is 0 Å². The molecular formula is C18H21ClN2O2. The maximum atomic E-state index is 12.5. The summed E-state index contributed by atoms with van der Waals surface area (Å²) < 4.78 is 0. The fraction of sp³-hybridized carbons (Fsp3) is 0.389. The van der Waals surface area contributed by atoms with Crippen LogP contribution in [0.1, 0.15) is 18.4 Å². The first-order valence-electron chi connectivity index (χ1n) is 7.83. The second-order valence-corrected chi connectivity index (χ2v) is 6.81. The Balaban J connectivity index is 1.79. The summed E-state index contributed by atoms with van der Waals surface area (Å²) in [6.07, 6.45) is 1.36. The summed E-state index contributed by atoms with van der Waals surface area (Å²) in [6.45, 7) is 2.60. The van der Waals surface area contributed by atoms with Crippen LogP contribution in [0.15, 0.2) is 30.3 Å². The number of anilines is 1. The monoisotopic (exact) mass is 332 g/mol. The van der Waals surface area contributed by atoms with E-state index in [0.717, 1.165) is 34.9 Å². The number of carbonyl (C=O) groups excluding carboxylic acids is 1. The summed E-state index contributed by atoms with van der Waals surface area (Å²) in [7, 11) is 1.79. The Hall–Kier alpha value is -1.78. The first kappa shape index (κ1) is 16.1. The fourth-order valence-corrected chi connectivity index (χ4v) is 3.48. The van der Waals surface area contributed by atoms with E-state index < -0.39 is 0 Å². The van der Waals surface area contributed by atoms with Gasteiger partial charge in [0.15, 0.2) is 0 Å². The summed E-state index contributed by atoms with van der Waals surface area (Å²) in [4.78, 5) is 14.1. The number of rotatable bonds is 3. The third-order valence-corrected chi connectivity index (χ3v) is 4.83. The molecule has 0 aliphatic heterocycles. The van der Waals surface area contributed by atoms with Crippen LogP contribution in [0.25, 0.3) is 10.8 Å². The Kier molecular flexibility index (Phi) is 4.46. The van der Waals surface area contributed by atoms with Gasteiger partial charge in [0.2, 0.25) is 0 Å². The molecule has 5 heteroatoms. The third-order valence-electron chi connectivity index (χ3n) is 4.51. The molecule has 0 saturated heterocycles. The molecule has 2 amide bonds. The van der Waals surface area contributed by atoms with Gasteiger partial charge in [-0.05, 0) is 37.3 Å². The fourth-order valence-electron chi connectivity index (χ4n) is 3.15. The van der Waals surface area contributed by atoms with Gasteiger partial charge in [-0.2, -0.15) is 0 Å². The molecular weight excluding hydrogens is 312 g/mol. The number of halogens is 1. The molecule has 0 spiro atoms. The van der Waals surface area contributed by atoms with Crippen molar-refractivity contribution in [2.75, 3.05) is 18.9 Å². The van der Waals surface area contributed by atoms with Gasteiger partial charge >= 0.3 is 6.03 Å². The molecule has 23 heavy (non-hydrogen) atoms. The number of urea groups is 1. The number of aryl methyl sites for hydroxylation is 1. The van der Waals surface area contributed by atoms with Crippen molar-refractivity contribution in [3.8, 4) is 0 Å². The number of hydrogen-bond acceptors (Lipinski definition) is 2. The van der Waals surface area contributed by atoms with E-state index in [1.807, 2.05) is 37.3 Å². The highest BCUT2D eigenvalue weighted by molar-refractivity contribution is 6.36. The molecule has 0 radical (unpaired) electrons. The van der Waals surface area contributed by atoms with Gasteiger partial charge in [-0.1, -0.05) is 35.9 Å². The second-order valence-electron chi connectivity index (χ2n) is 6.40. The van der Waals surface area contributed by atoms with Crippen LogP contribution in [0.5, 0.6) is 0 Å². The molecule has 1 aliphatic carbocycles. The highest BCUT2D eigenvalue weighted by Gasteiger charge is 2.29. The van der Waals surface area contributed by atoms with Crippen molar-refractivity contribution >= 4 is 34.1 Å². The molecule has 1 saturated carbocycles. The zero-order valence-corrected chi connectivity index (χ0v) is 14.1. The van der Waals surface area contributed by atoms with Crippen LogP contribution in [-0.4, -0.2) is 35.7 Å². The molecule has 3 rings (SSSR count). The average molecular weight is 333 g/mol. The number of carbonyl (C=O) groups is 1. The molecule has 1 fully saturated rings. The second kappa shape index (κ2) is 6.38. The lowest BCUT2D eigenvalue weighted by atomic mass is 9.82. The molecule has 122 valence electrons. The zero-order chi connectivity index (χ0) is 16.6. The van der Waals surface area contributed by atoms with Gasteiger partial charge in [-0.25, -0.2) is 4.79 Å². The van der Waals surface area contributed by atoms with Crippen LogP contribution in [-0.2, 0) is 0 Å². The van der Waals surface area contributed by atoms with E-state index in [4.69, 9.17) is 11.6 Å². The van der Waals surface area contributed by atoms with E-state index in [0.29, 0.717) is 17.5 Å². The maximum absolute atomic E-state index is 12.5. The molecule has 0 unspecified atom stereocenters. The van der Waals surface area contributed by atoms with Crippen molar-refractivity contribution in [2.45, 2.75) is 25.9 Å². The highest BCUT2D eigenvalue weighted by atomic mass is 35.5. The van der Waals surface area contributed by atoms with Crippen molar-refractivity contribution < 1.29 is 9.90 Å². The molecule has 1 aliphatic rings. The Morgan fingerprint density at radius 3 is 2.65 bits per heavy atom. The van der Waals surface area contributed by atoms with Gasteiger partial charge < -0.3 is 15.3 Å². The first-order valence-corrected chi connectivity index (χ1v) is 8.21. The van der Waals surface area contributed by atoms with Crippen LogP contribution < -0.4 is 5.32 Å². The molecule has 0 bridgehead atoms. The van der Waals surface area contributed by atoms with Gasteiger partial charge in [0.25, 0.3) is 0 Å². The first-order chi connectivity index (χ1) is 11.0. The Morgan fingerprint density at radius 2 is 2.00 bits per heavy atom. The predicted molar refractivity (Wildman–Crippen MR) is 94.1 cm³/mol. The van der Waals surface area contributed by atoms with Crippen molar-refractivity contribution in [1.82, 2.24) is 4.90 Å². The number of amides is 2. The van der Waals surface area contributed by atoms with E-state index in [1.165, 1.54) is 0 Å². The number of fused-ring (bicyclic) bond motifs is 1. The van der Waals surface area contributed by atoms with E-state index in [2.05, 4.69) is 5.32 Å². The van der Waals surface area contributed by atoms with E-state index in [-0.39, 0.29) is 12.1 Å². The number of aliphatic hydroxyl groups excluding tert-OH is 1. The molecule has 2 N–H and O–H groups in total. The smallest absolute Gasteiger partial charge is 0.321 e. The minimum absolute atomic E-state index is 0.137.